The van der Waals surface area contributed by atoms with Crippen molar-refractivity contribution in [2.75, 3.05) is 43.4 Å². The first-order valence-electron chi connectivity index (χ1n) is 11.4. The highest BCUT2D eigenvalue weighted by molar-refractivity contribution is 7.97. The molecule has 0 bridgehead atoms. The van der Waals surface area contributed by atoms with Crippen LogP contribution in [-0.2, 0) is 11.0 Å². The second kappa shape index (κ2) is 11.1. The maximum atomic E-state index is 13.1. The number of pyridine rings is 1. The maximum absolute atomic E-state index is 13.1. The fourth-order valence-corrected chi connectivity index (χ4v) is 5.26. The Balaban J connectivity index is 1.28. The summed E-state index contributed by atoms with van der Waals surface area (Å²) in [5, 5.41) is 2.77. The molecule has 2 aliphatic rings. The molecule has 2 aromatic rings. The van der Waals surface area contributed by atoms with Gasteiger partial charge in [-0.1, -0.05) is 11.6 Å². The van der Waals surface area contributed by atoms with Crippen LogP contribution in [0.5, 0.6) is 0 Å². The lowest BCUT2D eigenvalue weighted by Gasteiger charge is -2.34. The van der Waals surface area contributed by atoms with Crippen molar-refractivity contribution in [3.05, 3.63) is 58.4 Å². The molecule has 1 aromatic heterocycles. The van der Waals surface area contributed by atoms with Crippen LogP contribution in [0.4, 0.5) is 24.7 Å². The Morgan fingerprint density at radius 1 is 1.19 bits per heavy atom. The molecule has 1 aliphatic heterocycles. The summed E-state index contributed by atoms with van der Waals surface area (Å²) in [6, 6.07) is 9.43. The number of nitrogens with zero attached hydrogens (tertiary/aromatic N) is 4. The van der Waals surface area contributed by atoms with E-state index in [1.807, 2.05) is 24.3 Å². The number of nitrogens with one attached hydrogen (secondary N) is 1. The van der Waals surface area contributed by atoms with Gasteiger partial charge in [0.05, 0.1) is 5.56 Å². The predicted octanol–water partition coefficient (Wildman–Crippen LogP) is 4.85. The number of nitrogens with two attached hydrogens (primary N) is 1. The van der Waals surface area contributed by atoms with Crippen LogP contribution >= 0.6 is 23.5 Å². The SMILES string of the molecule is CN=CC1=C(N)CC(C(=O)Nc2ccc(SN3CCN(c4cc(C(F)(F)F)cc(Cl)n4)CC3)cc2)C1. The third kappa shape index (κ3) is 6.51. The quantitative estimate of drug-likeness (QED) is 0.311. The number of alkyl halides is 3. The van der Waals surface area contributed by atoms with Gasteiger partial charge >= 0.3 is 6.18 Å². The Bertz CT molecular complexity index is 1160. The van der Waals surface area contributed by atoms with Crippen molar-refractivity contribution in [2.45, 2.75) is 23.9 Å². The second-order valence-corrected chi connectivity index (χ2v) is 10.2. The number of benzene rings is 1. The molecule has 1 aromatic carbocycles. The monoisotopic (exact) mass is 538 g/mol. The van der Waals surface area contributed by atoms with Crippen molar-refractivity contribution in [1.82, 2.24) is 9.29 Å². The minimum Gasteiger partial charge on any atom is -0.402 e. The first-order chi connectivity index (χ1) is 17.1. The van der Waals surface area contributed by atoms with Crippen LogP contribution in [0.2, 0.25) is 5.15 Å². The Hall–Kier alpha value is -2.76. The molecule has 1 atom stereocenters. The highest BCUT2D eigenvalue weighted by Crippen LogP contribution is 2.34. The molecule has 0 radical (unpaired) electrons. The molecule has 36 heavy (non-hydrogen) atoms. The molecule has 192 valence electrons. The highest BCUT2D eigenvalue weighted by atomic mass is 35.5. The van der Waals surface area contributed by atoms with Crippen LogP contribution in [0, 0.1) is 5.92 Å². The summed E-state index contributed by atoms with van der Waals surface area (Å²) in [5.41, 5.74) is 7.54. The van der Waals surface area contributed by atoms with Gasteiger partial charge < -0.3 is 16.0 Å². The topological polar surface area (TPSA) is 86.8 Å². The summed E-state index contributed by atoms with van der Waals surface area (Å²) in [6.07, 6.45) is -1.66. The second-order valence-electron chi connectivity index (χ2n) is 8.60. The molecule has 2 heterocycles. The zero-order valence-electron chi connectivity index (χ0n) is 19.6. The van der Waals surface area contributed by atoms with Crippen LogP contribution in [0.25, 0.3) is 0 Å². The molecule has 3 N–H and O–H groups in total. The lowest BCUT2D eigenvalue weighted by Crippen LogP contribution is -2.43. The molecule has 12 heteroatoms. The number of carbonyl (C=O) groups excluding carboxylic acids is 1. The third-order valence-electron chi connectivity index (χ3n) is 6.03. The number of aliphatic imine (C=N–C) groups is 1. The Morgan fingerprint density at radius 2 is 1.89 bits per heavy atom. The predicted molar refractivity (Wildman–Crippen MR) is 137 cm³/mol. The van der Waals surface area contributed by atoms with Crippen molar-refractivity contribution < 1.29 is 18.0 Å². The molecule has 1 saturated heterocycles. The lowest BCUT2D eigenvalue weighted by molar-refractivity contribution is -0.137. The Labute approximate surface area is 216 Å². The minimum atomic E-state index is -4.47. The molecule has 1 amide bonds. The normalized spacial score (nSPS) is 19.4. The number of piperazine rings is 1. The van der Waals surface area contributed by atoms with Crippen molar-refractivity contribution >= 4 is 47.2 Å². The third-order valence-corrected chi connectivity index (χ3v) is 7.33. The van der Waals surface area contributed by atoms with Gasteiger partial charge in [-0.3, -0.25) is 9.79 Å². The number of rotatable bonds is 6. The summed E-state index contributed by atoms with van der Waals surface area (Å²) in [7, 11) is 1.68. The van der Waals surface area contributed by atoms with E-state index in [0.717, 1.165) is 22.6 Å². The van der Waals surface area contributed by atoms with Crippen LogP contribution in [-0.4, -0.2) is 54.6 Å². The Morgan fingerprint density at radius 3 is 2.53 bits per heavy atom. The summed E-state index contributed by atoms with van der Waals surface area (Å²) in [4.78, 5) is 23.5. The van der Waals surface area contributed by atoms with Crippen molar-refractivity contribution in [3.63, 3.8) is 0 Å². The average molecular weight is 539 g/mol. The zero-order valence-corrected chi connectivity index (χ0v) is 21.1. The fourth-order valence-electron chi connectivity index (χ4n) is 4.15. The summed E-state index contributed by atoms with van der Waals surface area (Å²) in [6.45, 7) is 2.32. The van der Waals surface area contributed by atoms with Gasteiger partial charge in [-0.2, -0.15) is 13.2 Å². The van der Waals surface area contributed by atoms with Crippen LogP contribution in [0.15, 0.2) is 57.6 Å². The first-order valence-corrected chi connectivity index (χ1v) is 12.5. The number of halogens is 4. The summed E-state index contributed by atoms with van der Waals surface area (Å²) >= 11 is 7.39. The van der Waals surface area contributed by atoms with Crippen LogP contribution in [0.3, 0.4) is 0 Å². The van der Waals surface area contributed by atoms with E-state index >= 15 is 0 Å². The molecule has 0 saturated carbocycles. The largest absolute Gasteiger partial charge is 0.416 e. The van der Waals surface area contributed by atoms with Crippen LogP contribution in [0.1, 0.15) is 18.4 Å². The van der Waals surface area contributed by atoms with Crippen molar-refractivity contribution in [3.8, 4) is 0 Å². The van der Waals surface area contributed by atoms with E-state index in [-0.39, 0.29) is 22.8 Å². The van der Waals surface area contributed by atoms with Crippen molar-refractivity contribution in [2.24, 2.45) is 16.6 Å². The van der Waals surface area contributed by atoms with Gasteiger partial charge in [-0.15, -0.1) is 0 Å². The van der Waals surface area contributed by atoms with E-state index in [9.17, 15) is 18.0 Å². The molecular formula is C24H26ClF3N6OS. The number of allylic oxidation sites excluding steroid dienone is 2. The zero-order chi connectivity index (χ0) is 25.9. The number of hydrogen-bond acceptors (Lipinski definition) is 7. The smallest absolute Gasteiger partial charge is 0.402 e. The number of hydrogen-bond donors (Lipinski definition) is 2. The standard InChI is InChI=1S/C24H26ClF3N6OS/c1-30-14-16-10-15(11-20(16)29)23(35)31-18-2-4-19(5-3-18)36-34-8-6-33(7-9-34)22-13-17(24(26,27)28)12-21(25)32-22/h2-5,12-15H,6-11,29H2,1H3,(H,31,35). The minimum absolute atomic E-state index is 0.0720. The van der Waals surface area contributed by atoms with E-state index in [1.165, 1.54) is 0 Å². The lowest BCUT2D eigenvalue weighted by atomic mass is 10.0. The summed E-state index contributed by atoms with van der Waals surface area (Å²) < 4.78 is 41.5. The number of carbonyl (C=O) groups is 1. The molecule has 1 unspecified atom stereocenters. The molecule has 0 spiro atoms. The van der Waals surface area contributed by atoms with Gasteiger partial charge in [-0.05, 0) is 66.8 Å². The molecule has 4 rings (SSSR count). The number of anilines is 2. The van der Waals surface area contributed by atoms with Gasteiger partial charge in [0.1, 0.15) is 11.0 Å². The van der Waals surface area contributed by atoms with E-state index < -0.39 is 11.7 Å². The number of aromatic nitrogens is 1. The van der Waals surface area contributed by atoms with E-state index in [0.29, 0.717) is 50.4 Å². The molecule has 7 nitrogen and oxygen atoms in total. The fraction of sp³-hybridized carbons (Fsp3) is 0.375. The first kappa shape index (κ1) is 26.3. The van der Waals surface area contributed by atoms with Crippen LogP contribution < -0.4 is 16.0 Å². The van der Waals surface area contributed by atoms with E-state index in [2.05, 4.69) is 19.6 Å². The maximum Gasteiger partial charge on any atom is 0.416 e. The Kier molecular flexibility index (Phi) is 8.11. The van der Waals surface area contributed by atoms with E-state index in [4.69, 9.17) is 17.3 Å². The van der Waals surface area contributed by atoms with Gasteiger partial charge in [0.15, 0.2) is 0 Å². The molecular weight excluding hydrogens is 513 g/mol. The van der Waals surface area contributed by atoms with Gasteiger partial charge in [0, 0.05) is 61.6 Å². The highest BCUT2D eigenvalue weighted by Gasteiger charge is 2.32. The van der Waals surface area contributed by atoms with E-state index in [1.54, 1.807) is 30.1 Å². The van der Waals surface area contributed by atoms with Gasteiger partial charge in [0.2, 0.25) is 5.91 Å². The van der Waals surface area contributed by atoms with Gasteiger partial charge in [-0.25, -0.2) is 9.29 Å². The average Bonchev–Trinajstić information content (AvgIpc) is 3.20. The number of amides is 1. The molecule has 1 aliphatic carbocycles. The van der Waals surface area contributed by atoms with Crippen molar-refractivity contribution in [1.29, 1.82) is 0 Å². The van der Waals surface area contributed by atoms with Gasteiger partial charge in [0.25, 0.3) is 0 Å². The summed E-state index contributed by atoms with van der Waals surface area (Å²) in [5.74, 6) is -0.0466. The molecule has 1 fully saturated rings.